The van der Waals surface area contributed by atoms with Crippen molar-refractivity contribution in [3.8, 4) is 11.1 Å². The van der Waals surface area contributed by atoms with E-state index >= 15 is 0 Å². The molecule has 1 fully saturated rings. The molecule has 0 saturated heterocycles. The fourth-order valence-corrected chi connectivity index (χ4v) is 5.02. The molecule has 3 aromatic rings. The summed E-state index contributed by atoms with van der Waals surface area (Å²) in [6.45, 7) is 3.70. The van der Waals surface area contributed by atoms with E-state index < -0.39 is 23.3 Å². The second kappa shape index (κ2) is 10.6. The average molecular weight is 467 g/mol. The van der Waals surface area contributed by atoms with Gasteiger partial charge >= 0.3 is 0 Å². The molecule has 0 N–H and O–H groups in total. The molecule has 34 heavy (non-hydrogen) atoms. The highest BCUT2D eigenvalue weighted by atomic mass is 19.2. The number of benzene rings is 3. The van der Waals surface area contributed by atoms with Crippen LogP contribution in [0.1, 0.15) is 73.6 Å². The first-order valence-corrected chi connectivity index (χ1v) is 12.1. The second-order valence-electron chi connectivity index (χ2n) is 9.39. The molecule has 0 aliphatic heterocycles. The van der Waals surface area contributed by atoms with Gasteiger partial charge in [-0.25, -0.2) is 17.6 Å². The molecular formula is C30H30F4. The predicted molar refractivity (Wildman–Crippen MR) is 131 cm³/mol. The fourth-order valence-electron chi connectivity index (χ4n) is 5.02. The Morgan fingerprint density at radius 1 is 0.735 bits per heavy atom. The first kappa shape index (κ1) is 24.3. The number of halogens is 4. The molecule has 0 radical (unpaired) electrons. The van der Waals surface area contributed by atoms with Crippen molar-refractivity contribution in [3.63, 3.8) is 0 Å². The monoisotopic (exact) mass is 466 g/mol. The van der Waals surface area contributed by atoms with Gasteiger partial charge in [0.15, 0.2) is 23.3 Å². The number of aryl methyl sites for hydroxylation is 1. The van der Waals surface area contributed by atoms with Gasteiger partial charge < -0.3 is 0 Å². The van der Waals surface area contributed by atoms with Crippen molar-refractivity contribution in [2.75, 3.05) is 0 Å². The molecule has 0 nitrogen and oxygen atoms in total. The summed E-state index contributed by atoms with van der Waals surface area (Å²) in [5.74, 6) is -2.49. The van der Waals surface area contributed by atoms with Crippen LogP contribution < -0.4 is 0 Å². The molecule has 0 bridgehead atoms. The smallest absolute Gasteiger partial charge is 0.166 e. The van der Waals surface area contributed by atoms with Gasteiger partial charge in [-0.3, -0.25) is 0 Å². The molecule has 4 rings (SSSR count). The third-order valence-electron chi connectivity index (χ3n) is 7.08. The summed E-state index contributed by atoms with van der Waals surface area (Å²) < 4.78 is 57.8. The Morgan fingerprint density at radius 3 is 2.12 bits per heavy atom. The maximum absolute atomic E-state index is 14.9. The van der Waals surface area contributed by atoms with Gasteiger partial charge in [-0.1, -0.05) is 80.4 Å². The summed E-state index contributed by atoms with van der Waals surface area (Å²) in [6.07, 6.45) is 9.59. The number of hydrogen-bond donors (Lipinski definition) is 0. The maximum atomic E-state index is 14.9. The van der Waals surface area contributed by atoms with Gasteiger partial charge in [-0.15, -0.1) is 0 Å². The lowest BCUT2D eigenvalue weighted by Crippen LogP contribution is -2.15. The van der Waals surface area contributed by atoms with Gasteiger partial charge in [0.05, 0.1) is 0 Å². The van der Waals surface area contributed by atoms with Crippen LogP contribution in [0.5, 0.6) is 0 Å². The maximum Gasteiger partial charge on any atom is 0.166 e. The van der Waals surface area contributed by atoms with Gasteiger partial charge in [-0.2, -0.15) is 0 Å². The quantitative estimate of drug-likeness (QED) is 0.251. The van der Waals surface area contributed by atoms with Crippen LogP contribution in [0.25, 0.3) is 23.3 Å². The summed E-state index contributed by atoms with van der Waals surface area (Å²) in [7, 11) is 0. The second-order valence-corrected chi connectivity index (χ2v) is 9.39. The van der Waals surface area contributed by atoms with Crippen LogP contribution in [0.4, 0.5) is 17.6 Å². The average Bonchev–Trinajstić information content (AvgIpc) is 2.85. The van der Waals surface area contributed by atoms with Crippen molar-refractivity contribution in [3.05, 3.63) is 94.1 Å². The molecule has 0 spiro atoms. The Kier molecular flexibility index (Phi) is 7.55. The lowest BCUT2D eigenvalue weighted by Gasteiger charge is -2.29. The van der Waals surface area contributed by atoms with Gasteiger partial charge in [0.2, 0.25) is 0 Å². The van der Waals surface area contributed by atoms with E-state index in [9.17, 15) is 17.6 Å². The summed E-state index contributed by atoms with van der Waals surface area (Å²) in [5.41, 5.74) is 2.41. The largest absolute Gasteiger partial charge is 0.203 e. The molecule has 0 aromatic heterocycles. The van der Waals surface area contributed by atoms with E-state index in [1.807, 2.05) is 0 Å². The standard InChI is InChI=1S/C30H30F4/c1-3-4-20-6-11-23(12-7-20)26-18-16-24(28(32)30(26)34)15-10-21-8-13-22(14-9-21)25-17-5-19(2)27(31)29(25)33/h5,8-10,13-18,20,23H,3-4,6-7,11-12H2,1-2H3. The van der Waals surface area contributed by atoms with Crippen molar-refractivity contribution in [1.82, 2.24) is 0 Å². The number of rotatable bonds is 6. The zero-order valence-electron chi connectivity index (χ0n) is 19.7. The number of hydrogen-bond acceptors (Lipinski definition) is 0. The molecule has 0 amide bonds. The zero-order valence-corrected chi connectivity index (χ0v) is 19.7. The summed E-state index contributed by atoms with van der Waals surface area (Å²) >= 11 is 0. The normalized spacial score (nSPS) is 18.5. The minimum Gasteiger partial charge on any atom is -0.203 e. The Bertz CT molecular complexity index is 1170. The van der Waals surface area contributed by atoms with Crippen molar-refractivity contribution in [1.29, 1.82) is 0 Å². The molecular weight excluding hydrogens is 436 g/mol. The minimum atomic E-state index is -0.875. The molecule has 1 aliphatic rings. The Morgan fingerprint density at radius 2 is 1.44 bits per heavy atom. The molecule has 3 aromatic carbocycles. The van der Waals surface area contributed by atoms with E-state index in [-0.39, 0.29) is 22.6 Å². The Labute approximate surface area is 199 Å². The van der Waals surface area contributed by atoms with Crippen molar-refractivity contribution >= 4 is 12.2 Å². The van der Waals surface area contributed by atoms with Gasteiger partial charge in [0, 0.05) is 11.1 Å². The predicted octanol–water partition coefficient (Wildman–Crippen LogP) is 9.46. The van der Waals surface area contributed by atoms with Crippen molar-refractivity contribution in [2.24, 2.45) is 5.92 Å². The molecule has 0 heterocycles. The molecule has 0 unspecified atom stereocenters. The van der Waals surface area contributed by atoms with Crippen LogP contribution in [0, 0.1) is 36.1 Å². The first-order valence-electron chi connectivity index (χ1n) is 12.1. The van der Waals surface area contributed by atoms with Crippen LogP contribution in [0.2, 0.25) is 0 Å². The third-order valence-corrected chi connectivity index (χ3v) is 7.08. The van der Waals surface area contributed by atoms with E-state index in [0.717, 1.165) is 31.2 Å². The van der Waals surface area contributed by atoms with E-state index in [2.05, 4.69) is 6.92 Å². The SMILES string of the molecule is CCCC1CCC(c2ccc(C=Cc3ccc(-c4ccc(C)c(F)c4F)cc3)c(F)c2F)CC1. The van der Waals surface area contributed by atoms with Gasteiger partial charge in [-0.05, 0) is 66.7 Å². The van der Waals surface area contributed by atoms with Gasteiger partial charge in [0.25, 0.3) is 0 Å². The van der Waals surface area contributed by atoms with Crippen LogP contribution in [0.15, 0.2) is 48.5 Å². The lowest BCUT2D eigenvalue weighted by molar-refractivity contribution is 0.303. The van der Waals surface area contributed by atoms with Crippen molar-refractivity contribution in [2.45, 2.75) is 58.3 Å². The molecule has 4 heteroatoms. The molecule has 1 saturated carbocycles. The molecule has 0 atom stereocenters. The zero-order chi connectivity index (χ0) is 24.2. The summed E-state index contributed by atoms with van der Waals surface area (Å²) in [5, 5.41) is 0. The van der Waals surface area contributed by atoms with Crippen LogP contribution in [-0.2, 0) is 0 Å². The van der Waals surface area contributed by atoms with Crippen molar-refractivity contribution < 1.29 is 17.6 Å². The first-order chi connectivity index (χ1) is 16.4. The summed E-state index contributed by atoms with van der Waals surface area (Å²) in [4.78, 5) is 0. The van der Waals surface area contributed by atoms with E-state index in [1.54, 1.807) is 60.7 Å². The van der Waals surface area contributed by atoms with E-state index in [4.69, 9.17) is 0 Å². The third kappa shape index (κ3) is 5.11. The highest BCUT2D eigenvalue weighted by Gasteiger charge is 2.25. The summed E-state index contributed by atoms with van der Waals surface area (Å²) in [6, 6.07) is 13.3. The van der Waals surface area contributed by atoms with E-state index in [0.29, 0.717) is 17.0 Å². The van der Waals surface area contributed by atoms with Crippen LogP contribution in [0.3, 0.4) is 0 Å². The van der Waals surface area contributed by atoms with Crippen LogP contribution in [-0.4, -0.2) is 0 Å². The Balaban J connectivity index is 1.48. The fraction of sp³-hybridized carbons (Fsp3) is 0.333. The molecule has 1 aliphatic carbocycles. The topological polar surface area (TPSA) is 0 Å². The highest BCUT2D eigenvalue weighted by Crippen LogP contribution is 2.39. The molecule has 178 valence electrons. The minimum absolute atomic E-state index is 0.0835. The van der Waals surface area contributed by atoms with E-state index in [1.165, 1.54) is 19.8 Å². The van der Waals surface area contributed by atoms with Gasteiger partial charge in [0.1, 0.15) is 0 Å². The lowest BCUT2D eigenvalue weighted by atomic mass is 9.77. The highest BCUT2D eigenvalue weighted by molar-refractivity contribution is 5.72. The van der Waals surface area contributed by atoms with Crippen LogP contribution >= 0.6 is 0 Å². The Hall–Kier alpha value is -2.88.